The zero-order chi connectivity index (χ0) is 23.7. The molecule has 1 aromatic heterocycles. The summed E-state index contributed by atoms with van der Waals surface area (Å²) < 4.78 is 28.6. The Hall–Kier alpha value is -4.14. The molecule has 1 aliphatic rings. The van der Waals surface area contributed by atoms with Gasteiger partial charge < -0.3 is 25.1 Å². The molecule has 2 aromatic carbocycles. The van der Waals surface area contributed by atoms with E-state index in [0.29, 0.717) is 11.5 Å². The van der Waals surface area contributed by atoms with Crippen LogP contribution in [0.1, 0.15) is 11.1 Å². The van der Waals surface area contributed by atoms with E-state index in [4.69, 9.17) is 29.8 Å². The van der Waals surface area contributed by atoms with Gasteiger partial charge in [0.15, 0.2) is 5.54 Å². The van der Waals surface area contributed by atoms with E-state index in [-0.39, 0.29) is 25.7 Å². The number of ether oxygens (including phenoxy) is 3. The number of methoxy groups -OCH3 is 1. The van der Waals surface area contributed by atoms with Crippen molar-refractivity contribution in [3.63, 3.8) is 0 Å². The van der Waals surface area contributed by atoms with E-state index in [1.807, 2.05) is 36.4 Å². The van der Waals surface area contributed by atoms with E-state index in [0.717, 1.165) is 22.3 Å². The van der Waals surface area contributed by atoms with Gasteiger partial charge in [0, 0.05) is 11.8 Å². The summed E-state index contributed by atoms with van der Waals surface area (Å²) in [6.45, 7) is -0.481. The van der Waals surface area contributed by atoms with Crippen LogP contribution in [-0.4, -0.2) is 49.6 Å². The van der Waals surface area contributed by atoms with Gasteiger partial charge in [-0.2, -0.15) is 0 Å². The van der Waals surface area contributed by atoms with Gasteiger partial charge in [-0.25, -0.2) is 9.38 Å². The number of nitrogens with two attached hydrogens (primary N) is 1. The van der Waals surface area contributed by atoms with E-state index in [2.05, 4.69) is 16.0 Å². The van der Waals surface area contributed by atoms with Crippen molar-refractivity contribution in [3.8, 4) is 22.6 Å². The monoisotopic (exact) mass is 453 g/mol. The number of carboxylic acid groups (broad SMARTS) is 1. The van der Waals surface area contributed by atoms with Crippen LogP contribution in [0, 0.1) is 0 Å². The zero-order valence-corrected chi connectivity index (χ0v) is 18.0. The highest BCUT2D eigenvalue weighted by Crippen LogP contribution is 2.39. The molecule has 3 aromatic rings. The van der Waals surface area contributed by atoms with Crippen LogP contribution in [-0.2, 0) is 15.1 Å². The van der Waals surface area contributed by atoms with E-state index >= 15 is 0 Å². The van der Waals surface area contributed by atoms with Crippen molar-refractivity contribution in [2.45, 2.75) is 5.54 Å². The number of hydrogen-bond donors (Lipinski definition) is 2. The van der Waals surface area contributed by atoms with E-state index < -0.39 is 12.2 Å². The SMILES string of the molecule is COc1cncc(-c2cccc(C3(c4ccc(OCCF)cc4)COC(N)=N3)c2)c1.O=CO. The van der Waals surface area contributed by atoms with Crippen LogP contribution in [0.3, 0.4) is 0 Å². The van der Waals surface area contributed by atoms with Gasteiger partial charge in [0.1, 0.15) is 31.4 Å². The molecular formula is C24H24FN3O5. The topological polar surface area (TPSA) is 116 Å². The Morgan fingerprint density at radius 1 is 1.12 bits per heavy atom. The number of alkyl halides is 1. The first kappa shape index (κ1) is 23.5. The van der Waals surface area contributed by atoms with E-state index in [9.17, 15) is 4.39 Å². The molecule has 1 atom stereocenters. The second kappa shape index (κ2) is 10.9. The zero-order valence-electron chi connectivity index (χ0n) is 18.0. The van der Waals surface area contributed by atoms with Gasteiger partial charge >= 0.3 is 0 Å². The van der Waals surface area contributed by atoms with Crippen molar-refractivity contribution >= 4 is 12.5 Å². The maximum Gasteiger partial charge on any atom is 0.290 e. The summed E-state index contributed by atoms with van der Waals surface area (Å²) in [6, 6.07) is 17.5. The van der Waals surface area contributed by atoms with Crippen molar-refractivity contribution < 1.29 is 28.5 Å². The molecule has 8 nitrogen and oxygen atoms in total. The fraction of sp³-hybridized carbons (Fsp3) is 0.208. The fourth-order valence-electron chi connectivity index (χ4n) is 3.52. The van der Waals surface area contributed by atoms with Gasteiger partial charge in [0.05, 0.1) is 13.3 Å². The molecule has 0 amide bonds. The number of nitrogens with zero attached hydrogens (tertiary/aromatic N) is 2. The third kappa shape index (κ3) is 5.38. The third-order valence-corrected chi connectivity index (χ3v) is 5.03. The molecule has 0 saturated heterocycles. The number of hydrogen-bond acceptors (Lipinski definition) is 7. The molecule has 2 heterocycles. The molecule has 0 aliphatic carbocycles. The van der Waals surface area contributed by atoms with E-state index in [1.54, 1.807) is 31.6 Å². The lowest BCUT2D eigenvalue weighted by molar-refractivity contribution is -0.122. The minimum absolute atomic E-state index is 0.0231. The Morgan fingerprint density at radius 3 is 2.52 bits per heavy atom. The lowest BCUT2D eigenvalue weighted by Crippen LogP contribution is -2.27. The summed E-state index contributed by atoms with van der Waals surface area (Å²) in [6.07, 6.45) is 3.45. The maximum atomic E-state index is 12.4. The third-order valence-electron chi connectivity index (χ3n) is 5.03. The molecule has 0 fully saturated rings. The first-order valence-electron chi connectivity index (χ1n) is 10.0. The summed E-state index contributed by atoms with van der Waals surface area (Å²) in [7, 11) is 1.61. The van der Waals surface area contributed by atoms with Crippen LogP contribution in [0.5, 0.6) is 11.5 Å². The number of carbonyl (C=O) groups is 1. The highest BCUT2D eigenvalue weighted by molar-refractivity contribution is 5.76. The summed E-state index contributed by atoms with van der Waals surface area (Å²) in [5, 5.41) is 6.89. The lowest BCUT2D eigenvalue weighted by atomic mass is 9.83. The summed E-state index contributed by atoms with van der Waals surface area (Å²) in [5.41, 5.74) is 8.85. The molecule has 4 rings (SSSR count). The maximum absolute atomic E-state index is 12.4. The number of amidine groups is 1. The van der Waals surface area contributed by atoms with Crippen LogP contribution >= 0.6 is 0 Å². The second-order valence-corrected chi connectivity index (χ2v) is 6.96. The van der Waals surface area contributed by atoms with Crippen molar-refractivity contribution in [3.05, 3.63) is 78.1 Å². The van der Waals surface area contributed by atoms with Gasteiger partial charge in [-0.15, -0.1) is 0 Å². The Bertz CT molecular complexity index is 1110. The molecule has 3 N–H and O–H groups in total. The summed E-state index contributed by atoms with van der Waals surface area (Å²) in [4.78, 5) is 17.3. The Balaban J connectivity index is 0.000000968. The number of aromatic nitrogens is 1. The number of rotatable bonds is 7. The van der Waals surface area contributed by atoms with Crippen molar-refractivity contribution in [1.82, 2.24) is 4.98 Å². The normalized spacial score (nSPS) is 16.6. The Labute approximate surface area is 190 Å². The average Bonchev–Trinajstić information content (AvgIpc) is 3.26. The number of aliphatic imine (C=N–C) groups is 1. The molecule has 172 valence electrons. The molecule has 9 heteroatoms. The summed E-state index contributed by atoms with van der Waals surface area (Å²) in [5.74, 6) is 1.28. The van der Waals surface area contributed by atoms with Crippen LogP contribution in [0.4, 0.5) is 4.39 Å². The first-order valence-corrected chi connectivity index (χ1v) is 10.0. The molecule has 1 unspecified atom stereocenters. The van der Waals surface area contributed by atoms with E-state index in [1.165, 1.54) is 0 Å². The van der Waals surface area contributed by atoms with Crippen molar-refractivity contribution in [2.24, 2.45) is 10.7 Å². The predicted molar refractivity (Wildman–Crippen MR) is 121 cm³/mol. The van der Waals surface area contributed by atoms with Crippen LogP contribution in [0.15, 0.2) is 72.0 Å². The molecule has 0 saturated carbocycles. The lowest BCUT2D eigenvalue weighted by Gasteiger charge is -2.26. The summed E-state index contributed by atoms with van der Waals surface area (Å²) >= 11 is 0. The smallest absolute Gasteiger partial charge is 0.290 e. The molecule has 33 heavy (non-hydrogen) atoms. The average molecular weight is 453 g/mol. The molecule has 0 spiro atoms. The highest BCUT2D eigenvalue weighted by Gasteiger charge is 2.40. The Morgan fingerprint density at radius 2 is 1.88 bits per heavy atom. The molecule has 0 bridgehead atoms. The highest BCUT2D eigenvalue weighted by atomic mass is 19.1. The number of halogens is 1. The quantitative estimate of drug-likeness (QED) is 0.527. The van der Waals surface area contributed by atoms with Gasteiger partial charge in [-0.3, -0.25) is 9.78 Å². The van der Waals surface area contributed by atoms with Gasteiger partial charge in [0.2, 0.25) is 0 Å². The van der Waals surface area contributed by atoms with Gasteiger partial charge in [-0.1, -0.05) is 30.3 Å². The molecule has 1 aliphatic heterocycles. The largest absolute Gasteiger partial charge is 0.495 e. The van der Waals surface area contributed by atoms with Crippen LogP contribution < -0.4 is 15.2 Å². The molecule has 0 radical (unpaired) electrons. The Kier molecular flexibility index (Phi) is 7.80. The van der Waals surface area contributed by atoms with Crippen LogP contribution in [0.2, 0.25) is 0 Å². The minimum Gasteiger partial charge on any atom is -0.495 e. The van der Waals surface area contributed by atoms with Crippen LogP contribution in [0.25, 0.3) is 11.1 Å². The standard InChI is InChI=1S/C23H22FN3O3.CH2O2/c1-28-21-12-17(13-26-14-21)16-3-2-4-19(11-16)23(15-30-22(25)27-23)18-5-7-20(8-6-18)29-10-9-24;2-1-3/h2-8,11-14H,9-10,15H2,1H3,(H2,25,27);1H,(H,2,3). The van der Waals surface area contributed by atoms with Crippen molar-refractivity contribution in [2.75, 3.05) is 27.0 Å². The minimum atomic E-state index is -0.787. The predicted octanol–water partition coefficient (Wildman–Crippen LogP) is 3.39. The first-order chi connectivity index (χ1) is 16.1. The number of pyridine rings is 1. The van der Waals surface area contributed by atoms with Crippen molar-refractivity contribution in [1.29, 1.82) is 0 Å². The number of benzene rings is 2. The van der Waals surface area contributed by atoms with Gasteiger partial charge in [0.25, 0.3) is 12.5 Å². The molecular weight excluding hydrogens is 429 g/mol. The fourth-order valence-corrected chi connectivity index (χ4v) is 3.52. The second-order valence-electron chi connectivity index (χ2n) is 6.96. The van der Waals surface area contributed by atoms with Gasteiger partial charge in [-0.05, 0) is 41.0 Å².